The molecule has 0 saturated carbocycles. The summed E-state index contributed by atoms with van der Waals surface area (Å²) >= 11 is 0. The highest BCUT2D eigenvalue weighted by Gasteiger charge is 2.19. The molecule has 2 N–H and O–H groups in total. The molecule has 66 valence electrons. The van der Waals surface area contributed by atoms with Crippen LogP contribution in [0.1, 0.15) is 13.8 Å². The molecule has 0 fully saturated rings. The van der Waals surface area contributed by atoms with Crippen LogP contribution in [-0.4, -0.2) is 11.9 Å². The predicted octanol–water partition coefficient (Wildman–Crippen LogP) is 0.495. The highest BCUT2D eigenvalue weighted by molar-refractivity contribution is 6.08. The van der Waals surface area contributed by atoms with Gasteiger partial charge < -0.3 is 10.5 Å². The van der Waals surface area contributed by atoms with E-state index >= 15 is 0 Å². The number of ether oxygens (including phenoxy) is 1. The van der Waals surface area contributed by atoms with Crippen LogP contribution in [0.2, 0.25) is 0 Å². The molecule has 0 aromatic rings. The lowest BCUT2D eigenvalue weighted by molar-refractivity contribution is -0.150. The number of rotatable bonds is 0. The molecule has 0 spiro atoms. The Balaban J connectivity index is 0.000000261. The second kappa shape index (κ2) is 4.33. The van der Waals surface area contributed by atoms with E-state index in [1.807, 2.05) is 13.8 Å². The zero-order chi connectivity index (χ0) is 9.72. The quantitative estimate of drug-likeness (QED) is 0.325. The molecule has 0 amide bonds. The van der Waals surface area contributed by atoms with Gasteiger partial charge in [-0.3, -0.25) is 0 Å². The first-order chi connectivity index (χ1) is 5.43. The molecule has 0 aromatic carbocycles. The van der Waals surface area contributed by atoms with Gasteiger partial charge in [-0.15, -0.1) is 6.58 Å². The lowest BCUT2D eigenvalue weighted by atomic mass is 10.4. The fourth-order valence-electron chi connectivity index (χ4n) is 0.366. The summed E-state index contributed by atoms with van der Waals surface area (Å²) in [6.07, 6.45) is 0.947. The average molecular weight is 169 g/mol. The maximum atomic E-state index is 10.1. The molecule has 0 radical (unpaired) electrons. The standard InChI is InChI=1S/C4H3NO3.C4H8/c5-2-1-3(6)8-4(2)7;1-4(2)3/h1H,5H2;1H2,2-3H3. The van der Waals surface area contributed by atoms with Gasteiger partial charge in [0.1, 0.15) is 5.70 Å². The third-order valence-electron chi connectivity index (χ3n) is 0.702. The molecule has 1 heterocycles. The van der Waals surface area contributed by atoms with E-state index in [0.29, 0.717) is 0 Å². The third kappa shape index (κ3) is 4.27. The minimum absolute atomic E-state index is 0.130. The van der Waals surface area contributed by atoms with Crippen molar-refractivity contribution in [2.24, 2.45) is 5.73 Å². The Bertz CT molecular complexity index is 249. The van der Waals surface area contributed by atoms with Crippen LogP contribution in [0.5, 0.6) is 0 Å². The number of nitrogens with two attached hydrogens (primary N) is 1. The lowest BCUT2D eigenvalue weighted by Gasteiger charge is -1.84. The largest absolute Gasteiger partial charge is 0.393 e. The minimum Gasteiger partial charge on any atom is -0.393 e. The third-order valence-corrected chi connectivity index (χ3v) is 0.702. The van der Waals surface area contributed by atoms with E-state index in [4.69, 9.17) is 5.73 Å². The topological polar surface area (TPSA) is 69.4 Å². The van der Waals surface area contributed by atoms with Crippen LogP contribution in [-0.2, 0) is 14.3 Å². The number of hydrogen-bond donors (Lipinski definition) is 1. The van der Waals surface area contributed by atoms with E-state index in [1.165, 1.54) is 5.57 Å². The number of carbonyl (C=O) groups excluding carboxylic acids is 2. The van der Waals surface area contributed by atoms with E-state index in [1.54, 1.807) is 0 Å². The van der Waals surface area contributed by atoms with Gasteiger partial charge in [0.2, 0.25) is 0 Å². The Hall–Kier alpha value is -1.58. The summed E-state index contributed by atoms with van der Waals surface area (Å²) in [6.45, 7) is 7.50. The zero-order valence-electron chi connectivity index (χ0n) is 7.09. The van der Waals surface area contributed by atoms with Crippen molar-refractivity contribution in [3.8, 4) is 0 Å². The van der Waals surface area contributed by atoms with Crippen molar-refractivity contribution in [3.05, 3.63) is 23.9 Å². The van der Waals surface area contributed by atoms with Gasteiger partial charge in [-0.05, 0) is 13.8 Å². The molecular weight excluding hydrogens is 158 g/mol. The van der Waals surface area contributed by atoms with E-state index in [2.05, 4.69) is 11.3 Å². The van der Waals surface area contributed by atoms with Gasteiger partial charge in [0.15, 0.2) is 0 Å². The summed E-state index contributed by atoms with van der Waals surface area (Å²) in [7, 11) is 0. The SMILES string of the molecule is C=C(C)C.NC1=CC(=O)OC1=O. The Morgan fingerprint density at radius 1 is 1.50 bits per heavy atom. The van der Waals surface area contributed by atoms with Gasteiger partial charge in [-0.1, -0.05) is 5.57 Å². The molecule has 1 aliphatic rings. The van der Waals surface area contributed by atoms with Crippen LogP contribution in [0.4, 0.5) is 0 Å². The van der Waals surface area contributed by atoms with Crippen LogP contribution in [0.25, 0.3) is 0 Å². The van der Waals surface area contributed by atoms with Crippen molar-refractivity contribution in [1.82, 2.24) is 0 Å². The zero-order valence-corrected chi connectivity index (χ0v) is 7.09. The fraction of sp³-hybridized carbons (Fsp3) is 0.250. The summed E-state index contributed by atoms with van der Waals surface area (Å²) in [6, 6.07) is 0. The molecule has 1 rings (SSSR count). The van der Waals surface area contributed by atoms with Gasteiger partial charge in [0.05, 0.1) is 6.08 Å². The van der Waals surface area contributed by atoms with Gasteiger partial charge in [0, 0.05) is 0 Å². The number of esters is 2. The first-order valence-corrected chi connectivity index (χ1v) is 3.29. The maximum absolute atomic E-state index is 10.1. The van der Waals surface area contributed by atoms with E-state index in [0.717, 1.165) is 6.08 Å². The van der Waals surface area contributed by atoms with E-state index in [9.17, 15) is 9.59 Å². The van der Waals surface area contributed by atoms with Crippen LogP contribution in [0, 0.1) is 0 Å². The van der Waals surface area contributed by atoms with Crippen molar-refractivity contribution in [2.75, 3.05) is 0 Å². The predicted molar refractivity (Wildman–Crippen MR) is 43.9 cm³/mol. The van der Waals surface area contributed by atoms with Gasteiger partial charge in [0.25, 0.3) is 0 Å². The molecule has 0 unspecified atom stereocenters. The van der Waals surface area contributed by atoms with E-state index in [-0.39, 0.29) is 5.70 Å². The monoisotopic (exact) mass is 169 g/mol. The highest BCUT2D eigenvalue weighted by Crippen LogP contribution is 1.99. The summed E-state index contributed by atoms with van der Waals surface area (Å²) in [5, 5.41) is 0. The normalized spacial score (nSPS) is 14.3. The average Bonchev–Trinajstić information content (AvgIpc) is 2.08. The van der Waals surface area contributed by atoms with Crippen molar-refractivity contribution >= 4 is 11.9 Å². The highest BCUT2D eigenvalue weighted by atomic mass is 16.6. The Labute approximate surface area is 70.7 Å². The van der Waals surface area contributed by atoms with E-state index < -0.39 is 11.9 Å². The summed E-state index contributed by atoms with van der Waals surface area (Å²) in [4.78, 5) is 20.2. The number of hydrogen-bond acceptors (Lipinski definition) is 4. The fourth-order valence-corrected chi connectivity index (χ4v) is 0.366. The van der Waals surface area contributed by atoms with Gasteiger partial charge in [-0.2, -0.15) is 0 Å². The Morgan fingerprint density at radius 2 is 1.92 bits per heavy atom. The number of carbonyl (C=O) groups is 2. The molecule has 4 nitrogen and oxygen atoms in total. The molecule has 0 bridgehead atoms. The van der Waals surface area contributed by atoms with Crippen LogP contribution >= 0.6 is 0 Å². The van der Waals surface area contributed by atoms with Gasteiger partial charge >= 0.3 is 11.9 Å². The van der Waals surface area contributed by atoms with Crippen molar-refractivity contribution < 1.29 is 14.3 Å². The van der Waals surface area contributed by atoms with Crippen LogP contribution < -0.4 is 5.73 Å². The molecule has 1 aliphatic heterocycles. The molecule has 0 aromatic heterocycles. The molecule has 0 atom stereocenters. The first-order valence-electron chi connectivity index (χ1n) is 3.29. The summed E-state index contributed by atoms with van der Waals surface area (Å²) < 4.78 is 3.98. The second-order valence-corrected chi connectivity index (χ2v) is 2.52. The Morgan fingerprint density at radius 3 is 2.00 bits per heavy atom. The smallest absolute Gasteiger partial charge is 0.362 e. The van der Waals surface area contributed by atoms with Crippen molar-refractivity contribution in [2.45, 2.75) is 13.8 Å². The molecule has 0 aliphatic carbocycles. The van der Waals surface area contributed by atoms with Crippen molar-refractivity contribution in [1.29, 1.82) is 0 Å². The molecule has 12 heavy (non-hydrogen) atoms. The minimum atomic E-state index is -0.755. The van der Waals surface area contributed by atoms with Gasteiger partial charge in [-0.25, -0.2) is 9.59 Å². The summed E-state index contributed by atoms with van der Waals surface area (Å²) in [5.41, 5.74) is 5.97. The molecular formula is C8H11NO3. The number of cyclic esters (lactones) is 2. The lowest BCUT2D eigenvalue weighted by Crippen LogP contribution is -2.07. The van der Waals surface area contributed by atoms with Crippen molar-refractivity contribution in [3.63, 3.8) is 0 Å². The second-order valence-electron chi connectivity index (χ2n) is 2.52. The van der Waals surface area contributed by atoms with Crippen LogP contribution in [0.15, 0.2) is 23.9 Å². The number of allylic oxidation sites excluding steroid dienone is 1. The first kappa shape index (κ1) is 10.4. The maximum Gasteiger partial charge on any atom is 0.362 e. The Kier molecular flexibility index (Phi) is 3.76. The molecule has 0 saturated heterocycles. The summed E-state index contributed by atoms with van der Waals surface area (Å²) in [5.74, 6) is -1.44. The van der Waals surface area contributed by atoms with Crippen LogP contribution in [0.3, 0.4) is 0 Å². The molecule has 4 heteroatoms.